The zero-order chi connectivity index (χ0) is 20.4. The fourth-order valence-electron chi connectivity index (χ4n) is 2.99. The summed E-state index contributed by atoms with van der Waals surface area (Å²) >= 11 is 0. The highest BCUT2D eigenvalue weighted by atomic mass is 16.5. The summed E-state index contributed by atoms with van der Waals surface area (Å²) in [7, 11) is 1.48. The van der Waals surface area contributed by atoms with Gasteiger partial charge >= 0.3 is 0 Å². The van der Waals surface area contributed by atoms with Crippen LogP contribution in [0.25, 0.3) is 11.0 Å². The van der Waals surface area contributed by atoms with Crippen LogP contribution in [0.3, 0.4) is 0 Å². The lowest BCUT2D eigenvalue weighted by atomic mass is 10.1. The van der Waals surface area contributed by atoms with E-state index in [1.54, 1.807) is 30.5 Å². The number of aromatic nitrogens is 3. The average Bonchev–Trinajstić information content (AvgIpc) is 3.17. The Labute approximate surface area is 160 Å². The number of ether oxygens (including phenoxy) is 1. The zero-order valence-corrected chi connectivity index (χ0v) is 15.9. The predicted molar refractivity (Wildman–Crippen MR) is 102 cm³/mol. The van der Waals surface area contributed by atoms with Gasteiger partial charge in [-0.15, -0.1) is 0 Å². The maximum atomic E-state index is 12.7. The molecule has 0 spiro atoms. The van der Waals surface area contributed by atoms with Crippen molar-refractivity contribution in [3.8, 4) is 5.75 Å². The Morgan fingerprint density at radius 3 is 2.61 bits per heavy atom. The third-order valence-electron chi connectivity index (χ3n) is 4.23. The molecule has 2 amide bonds. The molecule has 0 aliphatic heterocycles. The third kappa shape index (κ3) is 3.54. The minimum atomic E-state index is -0.602. The molecule has 5 N–H and O–H groups in total. The molecule has 2 heterocycles. The van der Waals surface area contributed by atoms with Gasteiger partial charge in [0.2, 0.25) is 17.6 Å². The van der Waals surface area contributed by atoms with E-state index in [9.17, 15) is 9.59 Å². The van der Waals surface area contributed by atoms with E-state index in [0.29, 0.717) is 47.9 Å². The number of nitrogens with two attached hydrogens (primary N) is 2. The highest BCUT2D eigenvalue weighted by Gasteiger charge is 2.22. The molecule has 3 rings (SSSR count). The summed E-state index contributed by atoms with van der Waals surface area (Å²) in [5.74, 6) is 0.128. The van der Waals surface area contributed by atoms with Gasteiger partial charge in [-0.1, -0.05) is 0 Å². The van der Waals surface area contributed by atoms with Crippen LogP contribution < -0.4 is 21.5 Å². The van der Waals surface area contributed by atoms with Gasteiger partial charge < -0.3 is 25.2 Å². The van der Waals surface area contributed by atoms with Gasteiger partial charge in [-0.3, -0.25) is 14.9 Å². The van der Waals surface area contributed by atoms with Crippen LogP contribution in [0.5, 0.6) is 5.75 Å². The second-order valence-electron chi connectivity index (χ2n) is 6.24. The first-order valence-corrected chi connectivity index (χ1v) is 8.69. The molecule has 28 heavy (non-hydrogen) atoms. The summed E-state index contributed by atoms with van der Waals surface area (Å²) in [6.07, 6.45) is 0.648. The number of nitrogens with zero attached hydrogens (tertiary/aromatic N) is 3. The number of methoxy groups -OCH3 is 1. The van der Waals surface area contributed by atoms with Crippen molar-refractivity contribution in [2.24, 2.45) is 11.5 Å². The van der Waals surface area contributed by atoms with Gasteiger partial charge in [0.05, 0.1) is 18.3 Å². The topological polar surface area (TPSA) is 151 Å². The molecule has 0 atom stereocenters. The van der Waals surface area contributed by atoms with E-state index in [2.05, 4.69) is 15.3 Å². The van der Waals surface area contributed by atoms with Gasteiger partial charge in [0.25, 0.3) is 5.91 Å². The molecule has 0 saturated heterocycles. The van der Waals surface area contributed by atoms with Crippen molar-refractivity contribution in [2.45, 2.75) is 26.8 Å². The van der Waals surface area contributed by atoms with Crippen molar-refractivity contribution in [3.63, 3.8) is 0 Å². The van der Waals surface area contributed by atoms with Crippen LogP contribution in [0.2, 0.25) is 0 Å². The number of amides is 2. The van der Waals surface area contributed by atoms with Gasteiger partial charge in [0.1, 0.15) is 11.3 Å². The van der Waals surface area contributed by atoms with E-state index in [0.717, 1.165) is 0 Å². The van der Waals surface area contributed by atoms with Crippen molar-refractivity contribution in [1.29, 1.82) is 0 Å². The minimum absolute atomic E-state index is 0.111. The fraction of sp³-hybridized carbons (Fsp3) is 0.333. The molecule has 148 valence electrons. The summed E-state index contributed by atoms with van der Waals surface area (Å²) in [5, 5.41) is 2.75. The second-order valence-corrected chi connectivity index (χ2v) is 6.24. The van der Waals surface area contributed by atoms with E-state index in [1.165, 1.54) is 7.11 Å². The second kappa shape index (κ2) is 7.69. The van der Waals surface area contributed by atoms with Gasteiger partial charge in [-0.05, 0) is 32.0 Å². The Morgan fingerprint density at radius 1 is 1.29 bits per heavy atom. The number of oxazole rings is 1. The van der Waals surface area contributed by atoms with Crippen molar-refractivity contribution < 1.29 is 18.7 Å². The first kappa shape index (κ1) is 19.4. The number of primary amides is 1. The third-order valence-corrected chi connectivity index (χ3v) is 4.23. The molecule has 10 heteroatoms. The normalized spacial score (nSPS) is 11.0. The van der Waals surface area contributed by atoms with Crippen LogP contribution in [0.4, 0.5) is 5.95 Å². The Kier molecular flexibility index (Phi) is 5.32. The maximum Gasteiger partial charge on any atom is 0.295 e. The standard InChI is InChI=1S/C18H22N6O4/c1-9-15(28-10(2)21-9)17(26)23-18-22-12-7-11(16(20)25)8-13(27-3)14(12)24(18)6-4-5-19/h7-8H,4-6,19H2,1-3H3,(H2,20,25)(H,22,23,26). The van der Waals surface area contributed by atoms with Crippen LogP contribution in [0.1, 0.15) is 38.9 Å². The highest BCUT2D eigenvalue weighted by molar-refractivity contribution is 6.04. The molecule has 3 aromatic rings. The van der Waals surface area contributed by atoms with E-state index in [-0.39, 0.29) is 17.3 Å². The van der Waals surface area contributed by atoms with Gasteiger partial charge in [-0.25, -0.2) is 9.97 Å². The Hall–Kier alpha value is -3.40. The van der Waals surface area contributed by atoms with E-state index < -0.39 is 11.8 Å². The number of hydrogen-bond donors (Lipinski definition) is 3. The first-order valence-electron chi connectivity index (χ1n) is 8.69. The summed E-state index contributed by atoms with van der Waals surface area (Å²) in [5.41, 5.74) is 12.9. The number of rotatable bonds is 7. The molecule has 0 radical (unpaired) electrons. The number of nitrogens with one attached hydrogen (secondary N) is 1. The van der Waals surface area contributed by atoms with Crippen LogP contribution in [-0.4, -0.2) is 40.0 Å². The summed E-state index contributed by atoms with van der Waals surface area (Å²) in [6, 6.07) is 3.10. The van der Waals surface area contributed by atoms with E-state index in [4.69, 9.17) is 20.6 Å². The van der Waals surface area contributed by atoms with Crippen molar-refractivity contribution >= 4 is 28.8 Å². The smallest absolute Gasteiger partial charge is 0.295 e. The van der Waals surface area contributed by atoms with Gasteiger partial charge in [0.15, 0.2) is 5.89 Å². The van der Waals surface area contributed by atoms with E-state index in [1.807, 2.05) is 0 Å². The molecule has 0 saturated carbocycles. The first-order chi connectivity index (χ1) is 13.3. The molecule has 0 aliphatic rings. The number of fused-ring (bicyclic) bond motifs is 1. The van der Waals surface area contributed by atoms with Crippen molar-refractivity contribution in [2.75, 3.05) is 19.0 Å². The lowest BCUT2D eigenvalue weighted by Crippen LogP contribution is -2.17. The summed E-state index contributed by atoms with van der Waals surface area (Å²) in [6.45, 7) is 4.29. The minimum Gasteiger partial charge on any atom is -0.494 e. The van der Waals surface area contributed by atoms with Crippen molar-refractivity contribution in [3.05, 3.63) is 35.0 Å². The fourth-order valence-corrected chi connectivity index (χ4v) is 2.99. The molecule has 0 bridgehead atoms. The number of benzene rings is 1. The van der Waals surface area contributed by atoms with Crippen LogP contribution >= 0.6 is 0 Å². The molecule has 0 unspecified atom stereocenters. The number of hydrogen-bond acceptors (Lipinski definition) is 7. The molecular weight excluding hydrogens is 364 g/mol. The number of carbonyl (C=O) groups excluding carboxylic acids is 2. The largest absolute Gasteiger partial charge is 0.494 e. The van der Waals surface area contributed by atoms with Gasteiger partial charge in [-0.2, -0.15) is 0 Å². The van der Waals surface area contributed by atoms with Gasteiger partial charge in [0, 0.05) is 19.0 Å². The Balaban J connectivity index is 2.11. The Bertz CT molecular complexity index is 1050. The number of imidazole rings is 1. The SMILES string of the molecule is COc1cc(C(N)=O)cc2nc(NC(=O)c3oc(C)nc3C)n(CCCN)c12. The molecule has 0 fully saturated rings. The lowest BCUT2D eigenvalue weighted by Gasteiger charge is -2.11. The molecule has 1 aromatic carbocycles. The molecule has 0 aliphatic carbocycles. The number of carbonyl (C=O) groups is 2. The number of anilines is 1. The highest BCUT2D eigenvalue weighted by Crippen LogP contribution is 2.31. The maximum absolute atomic E-state index is 12.7. The van der Waals surface area contributed by atoms with Crippen molar-refractivity contribution in [1.82, 2.24) is 14.5 Å². The number of aryl methyl sites for hydroxylation is 3. The lowest BCUT2D eigenvalue weighted by molar-refractivity contribution is 0.0988. The summed E-state index contributed by atoms with van der Waals surface area (Å²) in [4.78, 5) is 32.8. The van der Waals surface area contributed by atoms with E-state index >= 15 is 0 Å². The molecule has 2 aromatic heterocycles. The quantitative estimate of drug-likeness (QED) is 0.554. The van der Waals surface area contributed by atoms with Crippen LogP contribution in [-0.2, 0) is 6.54 Å². The zero-order valence-electron chi connectivity index (χ0n) is 15.9. The molecular formula is C18H22N6O4. The average molecular weight is 386 g/mol. The van der Waals surface area contributed by atoms with Crippen LogP contribution in [0.15, 0.2) is 16.5 Å². The Morgan fingerprint density at radius 2 is 2.04 bits per heavy atom. The molecule has 10 nitrogen and oxygen atoms in total. The predicted octanol–water partition coefficient (Wildman–Crippen LogP) is 1.35. The van der Waals surface area contributed by atoms with Crippen LogP contribution in [0, 0.1) is 13.8 Å². The monoisotopic (exact) mass is 386 g/mol. The summed E-state index contributed by atoms with van der Waals surface area (Å²) < 4.78 is 12.6.